The summed E-state index contributed by atoms with van der Waals surface area (Å²) >= 11 is 5.94. The lowest BCUT2D eigenvalue weighted by Crippen LogP contribution is -2.17. The molecule has 2 amide bonds. The van der Waals surface area contributed by atoms with E-state index in [-0.39, 0.29) is 16.6 Å². The van der Waals surface area contributed by atoms with Crippen LogP contribution in [0.15, 0.2) is 47.6 Å². The molecule has 0 fully saturated rings. The number of hydrogen-bond acceptors (Lipinski definition) is 5. The van der Waals surface area contributed by atoms with E-state index in [0.29, 0.717) is 23.2 Å². The van der Waals surface area contributed by atoms with Gasteiger partial charge >= 0.3 is 0 Å². The van der Waals surface area contributed by atoms with Gasteiger partial charge < -0.3 is 5.32 Å². The molecule has 0 bridgehead atoms. The van der Waals surface area contributed by atoms with Crippen molar-refractivity contribution in [2.45, 2.75) is 13.3 Å². The lowest BCUT2D eigenvalue weighted by molar-refractivity contribution is -0.384. The van der Waals surface area contributed by atoms with Crippen molar-refractivity contribution in [1.29, 1.82) is 0 Å². The van der Waals surface area contributed by atoms with Gasteiger partial charge in [-0.15, -0.1) is 0 Å². The van der Waals surface area contributed by atoms with Crippen molar-refractivity contribution in [2.75, 3.05) is 5.32 Å². The molecule has 2 N–H and O–H groups in total. The highest BCUT2D eigenvalue weighted by Gasteiger charge is 2.09. The molecule has 9 heteroatoms. The predicted molar refractivity (Wildman–Crippen MR) is 98.5 cm³/mol. The van der Waals surface area contributed by atoms with Gasteiger partial charge in [0, 0.05) is 40.4 Å². The van der Waals surface area contributed by atoms with Crippen LogP contribution in [0.5, 0.6) is 0 Å². The zero-order chi connectivity index (χ0) is 19.1. The van der Waals surface area contributed by atoms with Gasteiger partial charge in [0.2, 0.25) is 5.91 Å². The lowest BCUT2D eigenvalue weighted by atomic mass is 10.2. The number of nitrogens with one attached hydrogen (secondary N) is 2. The maximum absolute atomic E-state index is 12.0. The van der Waals surface area contributed by atoms with Gasteiger partial charge in [-0.2, -0.15) is 5.10 Å². The van der Waals surface area contributed by atoms with E-state index in [0.717, 1.165) is 0 Å². The molecule has 0 radical (unpaired) electrons. The van der Waals surface area contributed by atoms with Crippen LogP contribution in [0.3, 0.4) is 0 Å². The van der Waals surface area contributed by atoms with Gasteiger partial charge in [-0.05, 0) is 30.3 Å². The Hall–Kier alpha value is -3.26. The third kappa shape index (κ3) is 5.12. The number of non-ortho nitro benzene ring substituents is 1. The molecule has 0 spiro atoms. The maximum atomic E-state index is 12.0. The van der Waals surface area contributed by atoms with Crippen molar-refractivity contribution in [3.63, 3.8) is 0 Å². The fourth-order valence-corrected chi connectivity index (χ4v) is 2.09. The number of hydrazone groups is 1. The van der Waals surface area contributed by atoms with E-state index >= 15 is 0 Å². The second-order valence-electron chi connectivity index (χ2n) is 5.14. The van der Waals surface area contributed by atoms with E-state index in [4.69, 9.17) is 11.6 Å². The van der Waals surface area contributed by atoms with Gasteiger partial charge in [0.15, 0.2) is 0 Å². The highest BCUT2D eigenvalue weighted by atomic mass is 35.5. The summed E-state index contributed by atoms with van der Waals surface area (Å²) in [6, 6.07) is 10.2. The van der Waals surface area contributed by atoms with Crippen LogP contribution in [0, 0.1) is 10.1 Å². The standard InChI is InChI=1S/C17H15ClN4O4/c1-2-16(23)20-13-5-3-11(4-6-13)17(24)21-19-10-12-9-14(22(25)26)7-8-15(12)18/h3-10H,2H2,1H3,(H,20,23)(H,21,24). The van der Waals surface area contributed by atoms with Crippen LogP contribution in [0.4, 0.5) is 11.4 Å². The van der Waals surface area contributed by atoms with E-state index in [2.05, 4.69) is 15.8 Å². The van der Waals surface area contributed by atoms with Gasteiger partial charge in [0.05, 0.1) is 11.1 Å². The normalized spacial score (nSPS) is 10.5. The van der Waals surface area contributed by atoms with Crippen molar-refractivity contribution >= 4 is 41.0 Å². The summed E-state index contributed by atoms with van der Waals surface area (Å²) in [6.45, 7) is 1.74. The Morgan fingerprint density at radius 3 is 2.54 bits per heavy atom. The minimum Gasteiger partial charge on any atom is -0.326 e. The number of nitrogens with zero attached hydrogens (tertiary/aromatic N) is 2. The number of rotatable bonds is 6. The first kappa shape index (κ1) is 19.1. The number of carbonyl (C=O) groups excluding carboxylic acids is 2. The average molecular weight is 375 g/mol. The predicted octanol–water partition coefficient (Wildman–Crippen LogP) is 3.36. The summed E-state index contributed by atoms with van der Waals surface area (Å²) in [7, 11) is 0. The Morgan fingerprint density at radius 2 is 1.92 bits per heavy atom. The second kappa shape index (κ2) is 8.72. The number of hydrogen-bond donors (Lipinski definition) is 2. The fourth-order valence-electron chi connectivity index (χ4n) is 1.92. The molecular weight excluding hydrogens is 360 g/mol. The number of amides is 2. The summed E-state index contributed by atoms with van der Waals surface area (Å²) < 4.78 is 0. The minimum atomic E-state index is -0.550. The topological polar surface area (TPSA) is 114 Å². The molecule has 0 unspecified atom stereocenters. The summed E-state index contributed by atoms with van der Waals surface area (Å²) in [5.41, 5.74) is 3.40. The summed E-state index contributed by atoms with van der Waals surface area (Å²) in [6.07, 6.45) is 1.58. The first-order valence-corrected chi connectivity index (χ1v) is 7.95. The SMILES string of the molecule is CCC(=O)Nc1ccc(C(=O)NN=Cc2cc([N+](=O)[O-])ccc2Cl)cc1. The molecule has 0 saturated heterocycles. The van der Waals surface area contributed by atoms with E-state index in [9.17, 15) is 19.7 Å². The Morgan fingerprint density at radius 1 is 1.23 bits per heavy atom. The highest BCUT2D eigenvalue weighted by Crippen LogP contribution is 2.20. The number of carbonyl (C=O) groups is 2. The summed E-state index contributed by atoms with van der Waals surface area (Å²) in [5, 5.41) is 17.5. The average Bonchev–Trinajstić information content (AvgIpc) is 2.63. The van der Waals surface area contributed by atoms with E-state index < -0.39 is 10.8 Å². The van der Waals surface area contributed by atoms with Gasteiger partial charge in [0.25, 0.3) is 11.6 Å². The van der Waals surface area contributed by atoms with Crippen molar-refractivity contribution in [3.05, 3.63) is 68.7 Å². The van der Waals surface area contributed by atoms with E-state index in [1.165, 1.54) is 36.5 Å². The monoisotopic (exact) mass is 374 g/mol. The smallest absolute Gasteiger partial charge is 0.271 e. The Labute approximate surface area is 154 Å². The van der Waals surface area contributed by atoms with Crippen LogP contribution in [0.1, 0.15) is 29.3 Å². The van der Waals surface area contributed by atoms with Crippen LogP contribution in [-0.2, 0) is 4.79 Å². The van der Waals surface area contributed by atoms with Crippen LogP contribution in [0.25, 0.3) is 0 Å². The van der Waals surface area contributed by atoms with E-state index in [1.807, 2.05) is 0 Å². The van der Waals surface area contributed by atoms with Gasteiger partial charge in [-0.1, -0.05) is 18.5 Å². The summed E-state index contributed by atoms with van der Waals surface area (Å²) in [5.74, 6) is -0.600. The van der Waals surface area contributed by atoms with Crippen molar-refractivity contribution in [2.24, 2.45) is 5.10 Å². The first-order chi connectivity index (χ1) is 12.4. The zero-order valence-electron chi connectivity index (χ0n) is 13.7. The maximum Gasteiger partial charge on any atom is 0.271 e. The van der Waals surface area contributed by atoms with Crippen molar-refractivity contribution in [3.8, 4) is 0 Å². The zero-order valence-corrected chi connectivity index (χ0v) is 14.5. The number of nitro benzene ring substituents is 1. The molecule has 134 valence electrons. The highest BCUT2D eigenvalue weighted by molar-refractivity contribution is 6.33. The van der Waals surface area contributed by atoms with Gasteiger partial charge in [0.1, 0.15) is 0 Å². The summed E-state index contributed by atoms with van der Waals surface area (Å²) in [4.78, 5) is 33.6. The molecule has 2 aromatic rings. The Balaban J connectivity index is 2.02. The van der Waals surface area contributed by atoms with Crippen molar-refractivity contribution in [1.82, 2.24) is 5.43 Å². The second-order valence-corrected chi connectivity index (χ2v) is 5.55. The molecule has 2 rings (SSSR count). The molecule has 0 saturated carbocycles. The Bertz CT molecular complexity index is 866. The van der Waals surface area contributed by atoms with Gasteiger partial charge in [-0.3, -0.25) is 19.7 Å². The van der Waals surface area contributed by atoms with Gasteiger partial charge in [-0.25, -0.2) is 5.43 Å². The molecule has 8 nitrogen and oxygen atoms in total. The third-order valence-electron chi connectivity index (χ3n) is 3.31. The molecule has 2 aromatic carbocycles. The Kier molecular flexibility index (Phi) is 6.40. The number of benzene rings is 2. The lowest BCUT2D eigenvalue weighted by Gasteiger charge is -2.05. The third-order valence-corrected chi connectivity index (χ3v) is 3.66. The van der Waals surface area contributed by atoms with Crippen LogP contribution in [0.2, 0.25) is 5.02 Å². The number of anilines is 1. The van der Waals surface area contributed by atoms with Crippen LogP contribution < -0.4 is 10.7 Å². The molecule has 0 atom stereocenters. The van der Waals surface area contributed by atoms with Crippen molar-refractivity contribution < 1.29 is 14.5 Å². The largest absolute Gasteiger partial charge is 0.326 e. The molecule has 0 heterocycles. The van der Waals surface area contributed by atoms with E-state index in [1.54, 1.807) is 19.1 Å². The minimum absolute atomic E-state index is 0.124. The number of halogens is 1. The molecule has 0 aliphatic heterocycles. The number of nitro groups is 1. The quantitative estimate of drug-likeness (QED) is 0.458. The fraction of sp³-hybridized carbons (Fsp3) is 0.118. The molecule has 0 aliphatic carbocycles. The van der Waals surface area contributed by atoms with Crippen LogP contribution in [-0.4, -0.2) is 23.0 Å². The molecule has 0 aliphatic rings. The molecule has 26 heavy (non-hydrogen) atoms. The molecule has 0 aromatic heterocycles. The van der Waals surface area contributed by atoms with Crippen LogP contribution >= 0.6 is 11.6 Å². The first-order valence-electron chi connectivity index (χ1n) is 7.58. The molecular formula is C17H15ClN4O4.